The van der Waals surface area contributed by atoms with Crippen LogP contribution in [-0.2, 0) is 10.8 Å². The first-order valence-electron chi connectivity index (χ1n) is 12.0. The van der Waals surface area contributed by atoms with Crippen LogP contribution in [0, 0.1) is 34.5 Å². The van der Waals surface area contributed by atoms with Crippen molar-refractivity contribution in [2.45, 2.75) is 70.6 Å². The van der Waals surface area contributed by atoms with Gasteiger partial charge >= 0.3 is 0 Å². The van der Waals surface area contributed by atoms with Crippen LogP contribution in [0.5, 0.6) is 0 Å². The van der Waals surface area contributed by atoms with Gasteiger partial charge in [0, 0.05) is 34.8 Å². The van der Waals surface area contributed by atoms with Gasteiger partial charge in [-0.15, -0.1) is 0 Å². The highest BCUT2D eigenvalue weighted by Gasteiger charge is 2.41. The van der Waals surface area contributed by atoms with E-state index in [-0.39, 0.29) is 34.5 Å². The molecule has 0 N–H and O–H groups in total. The maximum absolute atomic E-state index is 10.1. The molecule has 0 saturated heterocycles. The van der Waals surface area contributed by atoms with Crippen molar-refractivity contribution < 1.29 is 0 Å². The molecule has 4 rings (SSSR count). The van der Waals surface area contributed by atoms with E-state index in [0.717, 1.165) is 17.6 Å². The van der Waals surface area contributed by atoms with Crippen molar-refractivity contribution in [2.24, 2.45) is 11.8 Å². The van der Waals surface area contributed by atoms with Crippen molar-refractivity contribution in [3.8, 4) is 12.1 Å². The Morgan fingerprint density at radius 2 is 0.939 bits per heavy atom. The monoisotopic (exact) mass is 434 g/mol. The summed E-state index contributed by atoms with van der Waals surface area (Å²) < 4.78 is 0. The Hall–Kier alpha value is -3.10. The zero-order chi connectivity index (χ0) is 24.0. The smallest absolute Gasteiger partial charge is 0.0947 e. The molecule has 2 aliphatic carbocycles. The number of fused-ring (bicyclic) bond motifs is 2. The van der Waals surface area contributed by atoms with Gasteiger partial charge in [-0.3, -0.25) is 0 Å². The van der Waals surface area contributed by atoms with Crippen LogP contribution in [0.3, 0.4) is 0 Å². The van der Waals surface area contributed by atoms with Crippen LogP contribution in [-0.4, -0.2) is 0 Å². The second-order valence-corrected chi connectivity index (χ2v) is 11.7. The van der Waals surface area contributed by atoms with Gasteiger partial charge in [0.15, 0.2) is 0 Å². The Balaban J connectivity index is 1.71. The Labute approximate surface area is 199 Å². The Bertz CT molecular complexity index is 1070. The summed E-state index contributed by atoms with van der Waals surface area (Å²) in [4.78, 5) is 0. The first-order valence-corrected chi connectivity index (χ1v) is 12.0. The first-order chi connectivity index (χ1) is 15.5. The first kappa shape index (κ1) is 23.1. The molecule has 2 aromatic rings. The lowest BCUT2D eigenvalue weighted by Gasteiger charge is -2.41. The van der Waals surface area contributed by atoms with E-state index in [4.69, 9.17) is 0 Å². The number of nitriles is 2. The predicted octanol–water partition coefficient (Wildman–Crippen LogP) is 7.70. The van der Waals surface area contributed by atoms with Gasteiger partial charge < -0.3 is 0 Å². The fourth-order valence-electron chi connectivity index (χ4n) is 5.38. The van der Waals surface area contributed by atoms with E-state index >= 15 is 0 Å². The summed E-state index contributed by atoms with van der Waals surface area (Å²) in [5, 5.41) is 20.1. The fourth-order valence-corrected chi connectivity index (χ4v) is 5.38. The molecular formula is C31H34N2. The van der Waals surface area contributed by atoms with E-state index < -0.39 is 0 Å². The van der Waals surface area contributed by atoms with Crippen LogP contribution in [0.15, 0.2) is 71.8 Å². The minimum atomic E-state index is 0.0695. The molecule has 2 nitrogen and oxygen atoms in total. The van der Waals surface area contributed by atoms with Crippen molar-refractivity contribution in [1.82, 2.24) is 0 Å². The average molecular weight is 435 g/mol. The topological polar surface area (TPSA) is 47.6 Å². The summed E-state index contributed by atoms with van der Waals surface area (Å²) in [7, 11) is 0. The van der Waals surface area contributed by atoms with Gasteiger partial charge in [-0.1, -0.05) is 102 Å². The third kappa shape index (κ3) is 4.41. The lowest BCUT2D eigenvalue weighted by atomic mass is 9.61. The molecule has 0 saturated carbocycles. The van der Waals surface area contributed by atoms with Crippen LogP contribution >= 0.6 is 0 Å². The van der Waals surface area contributed by atoms with Gasteiger partial charge in [0.05, 0.1) is 12.1 Å². The van der Waals surface area contributed by atoms with Gasteiger partial charge in [0.1, 0.15) is 0 Å². The third-order valence-corrected chi connectivity index (χ3v) is 7.47. The molecule has 0 spiro atoms. The zero-order valence-electron chi connectivity index (χ0n) is 20.7. The molecule has 168 valence electrons. The van der Waals surface area contributed by atoms with Crippen molar-refractivity contribution in [3.63, 3.8) is 0 Å². The highest BCUT2D eigenvalue weighted by molar-refractivity contribution is 5.48. The van der Waals surface area contributed by atoms with Crippen molar-refractivity contribution in [3.05, 3.63) is 94.1 Å². The minimum Gasteiger partial charge on any atom is -0.193 e. The SMILES string of the molecule is CC(C)(C)c1ccc(C2C=C(C#N)C3CC2C(C#N)=CC3c2ccc(C(C)(C)C)cc2)cc1. The maximum Gasteiger partial charge on any atom is 0.0947 e. The molecule has 0 amide bonds. The van der Waals surface area contributed by atoms with Crippen LogP contribution in [0.1, 0.15) is 82.1 Å². The Morgan fingerprint density at radius 3 is 1.21 bits per heavy atom. The van der Waals surface area contributed by atoms with Gasteiger partial charge in [-0.25, -0.2) is 0 Å². The molecule has 2 bridgehead atoms. The van der Waals surface area contributed by atoms with E-state index in [1.54, 1.807) is 0 Å². The molecular weight excluding hydrogens is 400 g/mol. The molecule has 0 radical (unpaired) electrons. The van der Waals surface area contributed by atoms with Gasteiger partial charge in [0.2, 0.25) is 0 Å². The number of allylic oxidation sites excluding steroid dienone is 4. The molecule has 4 atom stereocenters. The molecule has 33 heavy (non-hydrogen) atoms. The molecule has 2 aromatic carbocycles. The van der Waals surface area contributed by atoms with Gasteiger partial charge in [0.25, 0.3) is 0 Å². The predicted molar refractivity (Wildman–Crippen MR) is 135 cm³/mol. The highest BCUT2D eigenvalue weighted by Crippen LogP contribution is 2.51. The second-order valence-electron chi connectivity index (χ2n) is 11.7. The lowest BCUT2D eigenvalue weighted by Crippen LogP contribution is -2.31. The lowest BCUT2D eigenvalue weighted by molar-refractivity contribution is 0.357. The number of hydrogen-bond donors (Lipinski definition) is 0. The Morgan fingerprint density at radius 1 is 0.606 bits per heavy atom. The zero-order valence-corrected chi connectivity index (χ0v) is 20.7. The molecule has 2 heteroatoms. The number of rotatable bonds is 2. The average Bonchev–Trinajstić information content (AvgIpc) is 2.78. The van der Waals surface area contributed by atoms with E-state index in [1.165, 1.54) is 22.3 Å². The third-order valence-electron chi connectivity index (χ3n) is 7.47. The van der Waals surface area contributed by atoms with E-state index in [9.17, 15) is 10.5 Å². The normalized spacial score (nSPS) is 24.8. The summed E-state index contributed by atoms with van der Waals surface area (Å²) in [6.07, 6.45) is 5.13. The van der Waals surface area contributed by atoms with Gasteiger partial charge in [-0.05, 0) is 39.5 Å². The van der Waals surface area contributed by atoms with Crippen LogP contribution < -0.4 is 0 Å². The quantitative estimate of drug-likeness (QED) is 0.486. The van der Waals surface area contributed by atoms with Crippen molar-refractivity contribution >= 4 is 0 Å². The minimum absolute atomic E-state index is 0.0695. The highest BCUT2D eigenvalue weighted by atomic mass is 14.5. The van der Waals surface area contributed by atoms with E-state index in [0.29, 0.717) is 0 Å². The van der Waals surface area contributed by atoms with Crippen LogP contribution in [0.2, 0.25) is 0 Å². The van der Waals surface area contributed by atoms with Crippen molar-refractivity contribution in [1.29, 1.82) is 10.5 Å². The van der Waals surface area contributed by atoms with E-state index in [1.807, 2.05) is 0 Å². The standard InChI is InChI=1S/C31H34N2/c1-30(2,3)24-11-7-20(8-12-24)26-15-22(18-32)29-17-28(26)23(19-33)16-27(29)21-9-13-25(14-10-21)31(4,5)6/h7-16,26-29H,17H2,1-6H3. The molecule has 4 unspecified atom stereocenters. The molecule has 0 aromatic heterocycles. The number of hydrogen-bond acceptors (Lipinski definition) is 2. The van der Waals surface area contributed by atoms with Crippen LogP contribution in [0.4, 0.5) is 0 Å². The summed E-state index contributed by atoms with van der Waals surface area (Å²) >= 11 is 0. The van der Waals surface area contributed by atoms with Crippen LogP contribution in [0.25, 0.3) is 0 Å². The summed E-state index contributed by atoms with van der Waals surface area (Å²) in [5.74, 6) is 0.394. The number of benzene rings is 2. The second kappa shape index (κ2) is 8.35. The summed E-state index contributed by atoms with van der Waals surface area (Å²) in [6, 6.07) is 22.5. The molecule has 0 aliphatic heterocycles. The largest absolute Gasteiger partial charge is 0.193 e. The molecule has 0 fully saturated rings. The molecule has 2 aliphatic rings. The Kier molecular flexibility index (Phi) is 5.84. The molecule has 0 heterocycles. The maximum atomic E-state index is 10.1. The van der Waals surface area contributed by atoms with E-state index in [2.05, 4.69) is 114 Å². The number of nitrogens with zero attached hydrogens (tertiary/aromatic N) is 2. The van der Waals surface area contributed by atoms with Gasteiger partial charge in [-0.2, -0.15) is 10.5 Å². The summed E-state index contributed by atoms with van der Waals surface area (Å²) in [5.41, 5.74) is 6.88. The fraction of sp³-hybridized carbons (Fsp3) is 0.419. The summed E-state index contributed by atoms with van der Waals surface area (Å²) in [6.45, 7) is 13.3. The van der Waals surface area contributed by atoms with Crippen molar-refractivity contribution in [2.75, 3.05) is 0 Å².